The van der Waals surface area contributed by atoms with Gasteiger partial charge in [-0.05, 0) is 43.2 Å². The highest BCUT2D eigenvalue weighted by Gasteiger charge is 2.46. The SMILES string of the molecule is Cc1cccc2c1C(=O)N(C1CC(C3CCC3)C(=O)NC1=O)C2. The average Bonchev–Trinajstić information content (AvgIpc) is 2.78. The molecule has 2 aliphatic heterocycles. The summed E-state index contributed by atoms with van der Waals surface area (Å²) < 4.78 is 0. The molecule has 1 aliphatic carbocycles. The lowest BCUT2D eigenvalue weighted by atomic mass is 9.71. The first-order chi connectivity index (χ1) is 11.1. The van der Waals surface area contributed by atoms with Crippen LogP contribution in [0.15, 0.2) is 18.2 Å². The Morgan fingerprint density at radius 3 is 2.57 bits per heavy atom. The van der Waals surface area contributed by atoms with Crippen LogP contribution < -0.4 is 5.32 Å². The molecule has 23 heavy (non-hydrogen) atoms. The summed E-state index contributed by atoms with van der Waals surface area (Å²) in [4.78, 5) is 38.8. The molecule has 1 saturated heterocycles. The van der Waals surface area contributed by atoms with Crippen LogP contribution in [0.25, 0.3) is 0 Å². The Bertz CT molecular complexity index is 708. The summed E-state index contributed by atoms with van der Waals surface area (Å²) in [7, 11) is 0. The van der Waals surface area contributed by atoms with Crippen LogP contribution in [-0.2, 0) is 16.1 Å². The van der Waals surface area contributed by atoms with Gasteiger partial charge in [-0.15, -0.1) is 0 Å². The number of carbonyl (C=O) groups is 3. The molecule has 1 saturated carbocycles. The van der Waals surface area contributed by atoms with E-state index in [1.165, 1.54) is 0 Å². The van der Waals surface area contributed by atoms with Crippen molar-refractivity contribution in [3.8, 4) is 0 Å². The molecule has 120 valence electrons. The standard InChI is InChI=1S/C18H20N2O3/c1-10-4-2-7-12-9-20(18(23)15(10)12)14-8-13(11-5-3-6-11)16(21)19-17(14)22/h2,4,7,11,13-14H,3,5-6,8-9H2,1H3,(H,19,21,22). The third-order valence-corrected chi connectivity index (χ3v) is 5.63. The van der Waals surface area contributed by atoms with E-state index < -0.39 is 6.04 Å². The Balaban J connectivity index is 1.60. The molecule has 5 heteroatoms. The van der Waals surface area contributed by atoms with Crippen LogP contribution in [0, 0.1) is 18.8 Å². The van der Waals surface area contributed by atoms with E-state index >= 15 is 0 Å². The zero-order valence-electron chi connectivity index (χ0n) is 13.2. The molecule has 2 fully saturated rings. The molecule has 1 aromatic rings. The molecule has 4 rings (SSSR count). The van der Waals surface area contributed by atoms with Gasteiger partial charge in [-0.2, -0.15) is 0 Å². The van der Waals surface area contributed by atoms with Gasteiger partial charge in [-0.25, -0.2) is 0 Å². The number of nitrogens with zero attached hydrogens (tertiary/aromatic N) is 1. The quantitative estimate of drug-likeness (QED) is 0.847. The summed E-state index contributed by atoms with van der Waals surface area (Å²) >= 11 is 0. The number of benzene rings is 1. The van der Waals surface area contributed by atoms with Crippen molar-refractivity contribution in [2.24, 2.45) is 11.8 Å². The summed E-state index contributed by atoms with van der Waals surface area (Å²) in [6.07, 6.45) is 3.72. The molecule has 2 heterocycles. The fourth-order valence-electron chi connectivity index (χ4n) is 4.09. The summed E-state index contributed by atoms with van der Waals surface area (Å²) in [5, 5.41) is 2.50. The van der Waals surface area contributed by atoms with Gasteiger partial charge in [-0.1, -0.05) is 24.6 Å². The third kappa shape index (κ3) is 2.18. The lowest BCUT2D eigenvalue weighted by Gasteiger charge is -2.39. The normalized spacial score (nSPS) is 27.7. The van der Waals surface area contributed by atoms with E-state index in [2.05, 4.69) is 5.32 Å². The van der Waals surface area contributed by atoms with E-state index in [4.69, 9.17) is 0 Å². The maximum atomic E-state index is 12.8. The monoisotopic (exact) mass is 312 g/mol. The van der Waals surface area contributed by atoms with Gasteiger partial charge in [0.2, 0.25) is 11.8 Å². The van der Waals surface area contributed by atoms with Crippen LogP contribution in [0.3, 0.4) is 0 Å². The third-order valence-electron chi connectivity index (χ3n) is 5.63. The Hall–Kier alpha value is -2.17. The second kappa shape index (κ2) is 5.18. The number of hydrogen-bond donors (Lipinski definition) is 1. The van der Waals surface area contributed by atoms with Gasteiger partial charge < -0.3 is 4.90 Å². The average molecular weight is 312 g/mol. The molecule has 1 aromatic carbocycles. The lowest BCUT2D eigenvalue weighted by Crippen LogP contribution is -2.57. The van der Waals surface area contributed by atoms with Gasteiger partial charge in [-0.3, -0.25) is 19.7 Å². The van der Waals surface area contributed by atoms with Crippen LogP contribution in [0.5, 0.6) is 0 Å². The largest absolute Gasteiger partial charge is 0.322 e. The maximum Gasteiger partial charge on any atom is 0.255 e. The molecule has 0 spiro atoms. The van der Waals surface area contributed by atoms with Crippen molar-refractivity contribution in [1.82, 2.24) is 10.2 Å². The molecule has 3 amide bonds. The van der Waals surface area contributed by atoms with Gasteiger partial charge in [0.25, 0.3) is 5.91 Å². The van der Waals surface area contributed by atoms with Crippen molar-refractivity contribution < 1.29 is 14.4 Å². The topological polar surface area (TPSA) is 66.5 Å². The maximum absolute atomic E-state index is 12.8. The first-order valence-electron chi connectivity index (χ1n) is 8.30. The van der Waals surface area contributed by atoms with Crippen LogP contribution >= 0.6 is 0 Å². The van der Waals surface area contributed by atoms with E-state index in [-0.39, 0.29) is 23.6 Å². The van der Waals surface area contributed by atoms with Gasteiger partial charge in [0.15, 0.2) is 0 Å². The molecule has 2 unspecified atom stereocenters. The number of piperidine rings is 1. The minimum atomic E-state index is -0.530. The predicted molar refractivity (Wildman–Crippen MR) is 83.4 cm³/mol. The Morgan fingerprint density at radius 1 is 1.13 bits per heavy atom. The smallest absolute Gasteiger partial charge is 0.255 e. The zero-order valence-corrected chi connectivity index (χ0v) is 13.2. The van der Waals surface area contributed by atoms with Gasteiger partial charge in [0.1, 0.15) is 6.04 Å². The summed E-state index contributed by atoms with van der Waals surface area (Å²) in [6, 6.07) is 5.27. The minimum absolute atomic E-state index is 0.0834. The molecule has 0 radical (unpaired) electrons. The van der Waals surface area contributed by atoms with Crippen molar-refractivity contribution in [3.05, 3.63) is 34.9 Å². The number of carbonyl (C=O) groups excluding carboxylic acids is 3. The first kappa shape index (κ1) is 14.4. The molecule has 1 N–H and O–H groups in total. The minimum Gasteiger partial charge on any atom is -0.322 e. The fraction of sp³-hybridized carbons (Fsp3) is 0.500. The van der Waals surface area contributed by atoms with Gasteiger partial charge in [0, 0.05) is 18.0 Å². The van der Waals surface area contributed by atoms with E-state index in [0.29, 0.717) is 18.9 Å². The molecular weight excluding hydrogens is 292 g/mol. The van der Waals surface area contributed by atoms with E-state index in [1.54, 1.807) is 4.90 Å². The number of imide groups is 1. The lowest BCUT2D eigenvalue weighted by molar-refractivity contribution is -0.142. The number of nitrogens with one attached hydrogen (secondary N) is 1. The van der Waals surface area contributed by atoms with E-state index in [1.807, 2.05) is 25.1 Å². The van der Waals surface area contributed by atoms with Crippen molar-refractivity contribution in [1.29, 1.82) is 0 Å². The number of rotatable bonds is 2. The number of aryl methyl sites for hydroxylation is 1. The summed E-state index contributed by atoms with van der Waals surface area (Å²) in [6.45, 7) is 2.38. The van der Waals surface area contributed by atoms with Crippen LogP contribution in [0.2, 0.25) is 0 Å². The highest BCUT2D eigenvalue weighted by molar-refractivity contribution is 6.06. The van der Waals surface area contributed by atoms with E-state index in [9.17, 15) is 14.4 Å². The highest BCUT2D eigenvalue weighted by Crippen LogP contribution is 2.39. The molecule has 3 aliphatic rings. The predicted octanol–water partition coefficient (Wildman–Crippen LogP) is 1.78. The van der Waals surface area contributed by atoms with Crippen molar-refractivity contribution >= 4 is 17.7 Å². The Kier molecular flexibility index (Phi) is 3.25. The van der Waals surface area contributed by atoms with Crippen LogP contribution in [-0.4, -0.2) is 28.7 Å². The van der Waals surface area contributed by atoms with Crippen molar-refractivity contribution in [2.45, 2.75) is 45.2 Å². The van der Waals surface area contributed by atoms with Crippen molar-refractivity contribution in [2.75, 3.05) is 0 Å². The Labute approximate surface area is 135 Å². The fourth-order valence-corrected chi connectivity index (χ4v) is 4.09. The number of fused-ring (bicyclic) bond motifs is 1. The first-order valence-corrected chi connectivity index (χ1v) is 8.30. The molecule has 2 atom stereocenters. The summed E-state index contributed by atoms with van der Waals surface area (Å²) in [5.41, 5.74) is 2.63. The van der Waals surface area contributed by atoms with Crippen molar-refractivity contribution in [3.63, 3.8) is 0 Å². The second-order valence-electron chi connectivity index (χ2n) is 6.94. The molecule has 5 nitrogen and oxygen atoms in total. The van der Waals surface area contributed by atoms with Crippen LogP contribution in [0.4, 0.5) is 0 Å². The number of hydrogen-bond acceptors (Lipinski definition) is 3. The van der Waals surface area contributed by atoms with E-state index in [0.717, 1.165) is 36.0 Å². The molecule has 0 aromatic heterocycles. The zero-order chi connectivity index (χ0) is 16.1. The second-order valence-corrected chi connectivity index (χ2v) is 6.94. The van der Waals surface area contributed by atoms with Crippen LogP contribution in [0.1, 0.15) is 47.2 Å². The summed E-state index contributed by atoms with van der Waals surface area (Å²) in [5.74, 6) is -0.336. The Morgan fingerprint density at radius 2 is 1.91 bits per heavy atom. The highest BCUT2D eigenvalue weighted by atomic mass is 16.2. The number of amides is 3. The molecule has 0 bridgehead atoms. The van der Waals surface area contributed by atoms with Gasteiger partial charge >= 0.3 is 0 Å². The molecular formula is C18H20N2O3. The van der Waals surface area contributed by atoms with Gasteiger partial charge in [0.05, 0.1) is 0 Å².